The minimum Gasteiger partial charge on any atom is -0.372 e. The van der Waals surface area contributed by atoms with Crippen LogP contribution in [0.15, 0.2) is 18.2 Å². The standard InChI is InChI=1S/C15H26N2/c1-5-9-17(10-6-2)15-8-7-14(12-16-4)13(3)11-15/h7-8,11,16H,5-6,9-10,12H2,1-4H3. The molecule has 2 heteroatoms. The Kier molecular flexibility index (Phi) is 6.06. The molecule has 1 N–H and O–H groups in total. The molecular weight excluding hydrogens is 208 g/mol. The van der Waals surface area contributed by atoms with Crippen molar-refractivity contribution >= 4 is 5.69 Å². The van der Waals surface area contributed by atoms with Crippen LogP contribution in [0.3, 0.4) is 0 Å². The first-order valence-corrected chi connectivity index (χ1v) is 6.72. The highest BCUT2D eigenvalue weighted by Crippen LogP contribution is 2.19. The van der Waals surface area contributed by atoms with E-state index in [9.17, 15) is 0 Å². The maximum Gasteiger partial charge on any atom is 0.0369 e. The van der Waals surface area contributed by atoms with Crippen molar-refractivity contribution in [2.24, 2.45) is 0 Å². The smallest absolute Gasteiger partial charge is 0.0369 e. The number of anilines is 1. The fraction of sp³-hybridized carbons (Fsp3) is 0.600. The number of nitrogens with one attached hydrogen (secondary N) is 1. The highest BCUT2D eigenvalue weighted by atomic mass is 15.1. The lowest BCUT2D eigenvalue weighted by molar-refractivity contribution is 0.743. The van der Waals surface area contributed by atoms with Gasteiger partial charge in [-0.3, -0.25) is 0 Å². The Labute approximate surface area is 106 Å². The molecule has 0 heterocycles. The van der Waals surface area contributed by atoms with Crippen molar-refractivity contribution in [3.05, 3.63) is 29.3 Å². The average Bonchev–Trinajstić information content (AvgIpc) is 2.32. The number of hydrogen-bond acceptors (Lipinski definition) is 2. The quantitative estimate of drug-likeness (QED) is 0.778. The lowest BCUT2D eigenvalue weighted by Gasteiger charge is -2.24. The second kappa shape index (κ2) is 7.33. The van der Waals surface area contributed by atoms with Crippen LogP contribution in [0, 0.1) is 6.92 Å². The van der Waals surface area contributed by atoms with Crippen molar-refractivity contribution in [2.45, 2.75) is 40.2 Å². The molecule has 0 aliphatic heterocycles. The molecule has 0 spiro atoms. The number of benzene rings is 1. The molecule has 1 aromatic rings. The topological polar surface area (TPSA) is 15.3 Å². The van der Waals surface area contributed by atoms with Gasteiger partial charge in [0.2, 0.25) is 0 Å². The van der Waals surface area contributed by atoms with E-state index in [0.717, 1.165) is 19.6 Å². The third-order valence-electron chi connectivity index (χ3n) is 3.05. The van der Waals surface area contributed by atoms with E-state index in [2.05, 4.69) is 49.2 Å². The number of aryl methyl sites for hydroxylation is 1. The average molecular weight is 234 g/mol. The van der Waals surface area contributed by atoms with Crippen LogP contribution in [0.25, 0.3) is 0 Å². The summed E-state index contributed by atoms with van der Waals surface area (Å²) >= 11 is 0. The maximum absolute atomic E-state index is 3.21. The van der Waals surface area contributed by atoms with Crippen molar-refractivity contribution in [1.29, 1.82) is 0 Å². The van der Waals surface area contributed by atoms with Crippen LogP contribution in [-0.2, 0) is 6.54 Å². The maximum atomic E-state index is 3.21. The molecule has 2 nitrogen and oxygen atoms in total. The molecule has 0 aromatic heterocycles. The van der Waals surface area contributed by atoms with E-state index in [1.54, 1.807) is 0 Å². The first kappa shape index (κ1) is 14.0. The molecule has 0 bridgehead atoms. The summed E-state index contributed by atoms with van der Waals surface area (Å²) in [6, 6.07) is 6.82. The van der Waals surface area contributed by atoms with Crippen LogP contribution in [-0.4, -0.2) is 20.1 Å². The Balaban J connectivity index is 2.85. The highest BCUT2D eigenvalue weighted by molar-refractivity contribution is 5.50. The van der Waals surface area contributed by atoms with Crippen molar-refractivity contribution in [2.75, 3.05) is 25.0 Å². The van der Waals surface area contributed by atoms with Crippen molar-refractivity contribution < 1.29 is 0 Å². The van der Waals surface area contributed by atoms with Gasteiger partial charge in [-0.2, -0.15) is 0 Å². The van der Waals surface area contributed by atoms with Crippen LogP contribution in [0.1, 0.15) is 37.8 Å². The van der Waals surface area contributed by atoms with E-state index < -0.39 is 0 Å². The monoisotopic (exact) mass is 234 g/mol. The van der Waals surface area contributed by atoms with Gasteiger partial charge in [0.1, 0.15) is 0 Å². The molecule has 0 aliphatic rings. The van der Waals surface area contributed by atoms with E-state index in [0.29, 0.717) is 0 Å². The van der Waals surface area contributed by atoms with E-state index in [4.69, 9.17) is 0 Å². The SMILES string of the molecule is CCCN(CCC)c1ccc(CNC)c(C)c1. The molecule has 17 heavy (non-hydrogen) atoms. The molecule has 1 aromatic carbocycles. The van der Waals surface area contributed by atoms with Gasteiger partial charge in [0.15, 0.2) is 0 Å². The second-order valence-electron chi connectivity index (χ2n) is 4.63. The molecule has 0 saturated heterocycles. The van der Waals surface area contributed by atoms with Gasteiger partial charge in [-0.15, -0.1) is 0 Å². The Morgan fingerprint density at radius 2 is 1.76 bits per heavy atom. The zero-order chi connectivity index (χ0) is 12.7. The van der Waals surface area contributed by atoms with E-state index in [1.165, 1.54) is 29.7 Å². The Morgan fingerprint density at radius 3 is 2.24 bits per heavy atom. The van der Waals surface area contributed by atoms with Crippen LogP contribution in [0.4, 0.5) is 5.69 Å². The van der Waals surface area contributed by atoms with Gasteiger partial charge in [-0.1, -0.05) is 19.9 Å². The molecule has 0 saturated carbocycles. The zero-order valence-electron chi connectivity index (χ0n) is 11.7. The van der Waals surface area contributed by atoms with Crippen molar-refractivity contribution in [3.63, 3.8) is 0 Å². The van der Waals surface area contributed by atoms with Gasteiger partial charge >= 0.3 is 0 Å². The predicted molar refractivity (Wildman–Crippen MR) is 76.7 cm³/mol. The van der Waals surface area contributed by atoms with Crippen molar-refractivity contribution in [3.8, 4) is 0 Å². The van der Waals surface area contributed by atoms with E-state index in [-0.39, 0.29) is 0 Å². The van der Waals surface area contributed by atoms with E-state index >= 15 is 0 Å². The summed E-state index contributed by atoms with van der Waals surface area (Å²) in [5.41, 5.74) is 4.14. The molecule has 96 valence electrons. The largest absolute Gasteiger partial charge is 0.372 e. The van der Waals surface area contributed by atoms with E-state index in [1.807, 2.05) is 7.05 Å². The number of rotatable bonds is 7. The fourth-order valence-corrected chi connectivity index (χ4v) is 2.18. The number of hydrogen-bond donors (Lipinski definition) is 1. The minimum atomic E-state index is 0.952. The number of nitrogens with zero attached hydrogens (tertiary/aromatic N) is 1. The molecule has 0 atom stereocenters. The van der Waals surface area contributed by atoms with Gasteiger partial charge in [0.05, 0.1) is 0 Å². The Hall–Kier alpha value is -1.02. The molecule has 0 amide bonds. The molecule has 0 unspecified atom stereocenters. The van der Waals surface area contributed by atoms with Crippen LogP contribution < -0.4 is 10.2 Å². The Morgan fingerprint density at radius 1 is 1.12 bits per heavy atom. The van der Waals surface area contributed by atoms with Crippen molar-refractivity contribution in [1.82, 2.24) is 5.32 Å². The fourth-order valence-electron chi connectivity index (χ4n) is 2.18. The van der Waals surface area contributed by atoms with Crippen LogP contribution in [0.2, 0.25) is 0 Å². The van der Waals surface area contributed by atoms with Gasteiger partial charge in [0.25, 0.3) is 0 Å². The van der Waals surface area contributed by atoms with Gasteiger partial charge < -0.3 is 10.2 Å². The first-order valence-electron chi connectivity index (χ1n) is 6.72. The van der Waals surface area contributed by atoms with Crippen LogP contribution in [0.5, 0.6) is 0 Å². The molecule has 0 radical (unpaired) electrons. The summed E-state index contributed by atoms with van der Waals surface area (Å²) in [6.07, 6.45) is 2.41. The lowest BCUT2D eigenvalue weighted by Crippen LogP contribution is -2.25. The normalized spacial score (nSPS) is 10.6. The molecule has 1 rings (SSSR count). The lowest BCUT2D eigenvalue weighted by atomic mass is 10.1. The minimum absolute atomic E-state index is 0.952. The van der Waals surface area contributed by atoms with Gasteiger partial charge in [-0.25, -0.2) is 0 Å². The Bertz CT molecular complexity index is 328. The second-order valence-corrected chi connectivity index (χ2v) is 4.63. The first-order chi connectivity index (χ1) is 8.22. The summed E-state index contributed by atoms with van der Waals surface area (Å²) in [4.78, 5) is 2.48. The third kappa shape index (κ3) is 4.04. The summed E-state index contributed by atoms with van der Waals surface area (Å²) in [6.45, 7) is 9.94. The summed E-state index contributed by atoms with van der Waals surface area (Å²) in [7, 11) is 1.99. The molecular formula is C15H26N2. The van der Waals surface area contributed by atoms with Gasteiger partial charge in [0, 0.05) is 25.3 Å². The molecule has 0 fully saturated rings. The summed E-state index contributed by atoms with van der Waals surface area (Å²) in [5.74, 6) is 0. The molecule has 0 aliphatic carbocycles. The van der Waals surface area contributed by atoms with Gasteiger partial charge in [-0.05, 0) is 50.1 Å². The highest BCUT2D eigenvalue weighted by Gasteiger charge is 2.06. The zero-order valence-corrected chi connectivity index (χ0v) is 11.7. The van der Waals surface area contributed by atoms with Crippen LogP contribution >= 0.6 is 0 Å². The third-order valence-corrected chi connectivity index (χ3v) is 3.05. The summed E-state index contributed by atoms with van der Waals surface area (Å²) < 4.78 is 0. The predicted octanol–water partition coefficient (Wildman–Crippen LogP) is 3.34. The summed E-state index contributed by atoms with van der Waals surface area (Å²) in [5, 5.41) is 3.21.